The summed E-state index contributed by atoms with van der Waals surface area (Å²) in [6.45, 7) is 3.40. The molecule has 0 radical (unpaired) electrons. The van der Waals surface area contributed by atoms with Gasteiger partial charge in [-0.05, 0) is 43.7 Å². The molecule has 0 saturated heterocycles. The van der Waals surface area contributed by atoms with Gasteiger partial charge in [-0.2, -0.15) is 5.10 Å². The third kappa shape index (κ3) is 4.93. The van der Waals surface area contributed by atoms with Crippen LogP contribution in [0.25, 0.3) is 0 Å². The molecule has 2 rings (SSSR count). The third-order valence-electron chi connectivity index (χ3n) is 4.59. The Hall–Kier alpha value is -0.830. The molecule has 0 aliphatic heterocycles. The molecule has 0 aromatic carbocycles. The highest BCUT2D eigenvalue weighted by molar-refractivity contribution is 5.06. The molecule has 1 aliphatic carbocycles. The summed E-state index contributed by atoms with van der Waals surface area (Å²) in [4.78, 5) is 0. The molecule has 1 heterocycles. The Kier molecular flexibility index (Phi) is 6.58. The second-order valence-electron chi connectivity index (χ2n) is 6.39. The summed E-state index contributed by atoms with van der Waals surface area (Å²) in [5.41, 5.74) is 1.38. The lowest BCUT2D eigenvalue weighted by Gasteiger charge is -2.29. The first-order chi connectivity index (χ1) is 9.79. The van der Waals surface area contributed by atoms with Gasteiger partial charge in [-0.1, -0.05) is 39.0 Å². The summed E-state index contributed by atoms with van der Waals surface area (Å²) in [6.07, 6.45) is 16.5. The molecular weight excluding hydrogens is 246 g/mol. The number of aromatic nitrogens is 2. The van der Waals surface area contributed by atoms with Crippen molar-refractivity contribution in [2.75, 3.05) is 6.54 Å². The molecule has 1 aromatic heterocycles. The Balaban J connectivity index is 1.96. The number of hydrogen-bond acceptors (Lipinski definition) is 2. The maximum Gasteiger partial charge on any atom is 0.0522 e. The number of nitrogens with one attached hydrogen (secondary N) is 1. The van der Waals surface area contributed by atoms with E-state index in [9.17, 15) is 0 Å². The van der Waals surface area contributed by atoms with Crippen molar-refractivity contribution in [1.82, 2.24) is 15.1 Å². The summed E-state index contributed by atoms with van der Waals surface area (Å²) >= 11 is 0. The van der Waals surface area contributed by atoms with E-state index in [0.29, 0.717) is 6.04 Å². The number of aryl methyl sites for hydroxylation is 1. The molecule has 3 nitrogen and oxygen atoms in total. The van der Waals surface area contributed by atoms with Gasteiger partial charge in [0.2, 0.25) is 0 Å². The van der Waals surface area contributed by atoms with Crippen molar-refractivity contribution in [2.24, 2.45) is 13.0 Å². The smallest absolute Gasteiger partial charge is 0.0522 e. The predicted molar refractivity (Wildman–Crippen MR) is 84.8 cm³/mol. The third-order valence-corrected chi connectivity index (χ3v) is 4.59. The van der Waals surface area contributed by atoms with E-state index in [1.165, 1.54) is 56.9 Å². The first-order valence-electron chi connectivity index (χ1n) is 8.50. The minimum Gasteiger partial charge on any atom is -0.313 e. The Morgan fingerprint density at radius 2 is 1.95 bits per heavy atom. The average molecular weight is 277 g/mol. The Bertz CT molecular complexity index is 364. The van der Waals surface area contributed by atoms with Crippen molar-refractivity contribution >= 4 is 0 Å². The molecule has 1 saturated carbocycles. The van der Waals surface area contributed by atoms with Crippen molar-refractivity contribution in [2.45, 2.75) is 70.8 Å². The maximum atomic E-state index is 4.32. The average Bonchev–Trinajstić information content (AvgIpc) is 2.80. The van der Waals surface area contributed by atoms with Crippen molar-refractivity contribution < 1.29 is 0 Å². The standard InChI is InChI=1S/C17H31N3/c1-3-11-18-17(12-15-13-19-20(2)14-15)16-9-7-5-4-6-8-10-16/h13-14,16-18H,3-12H2,1-2H3. The van der Waals surface area contributed by atoms with Crippen LogP contribution in [0.5, 0.6) is 0 Å². The summed E-state index contributed by atoms with van der Waals surface area (Å²) < 4.78 is 1.92. The minimum atomic E-state index is 0.636. The van der Waals surface area contributed by atoms with Crippen molar-refractivity contribution in [1.29, 1.82) is 0 Å². The van der Waals surface area contributed by atoms with Gasteiger partial charge in [-0.25, -0.2) is 0 Å². The number of hydrogen-bond donors (Lipinski definition) is 1. The summed E-state index contributed by atoms with van der Waals surface area (Å²) in [7, 11) is 2.01. The minimum absolute atomic E-state index is 0.636. The van der Waals surface area contributed by atoms with E-state index < -0.39 is 0 Å². The van der Waals surface area contributed by atoms with Gasteiger partial charge >= 0.3 is 0 Å². The van der Waals surface area contributed by atoms with E-state index in [2.05, 4.69) is 23.5 Å². The zero-order valence-corrected chi connectivity index (χ0v) is 13.3. The van der Waals surface area contributed by atoms with Crippen LogP contribution in [0.3, 0.4) is 0 Å². The Labute approximate surface area is 124 Å². The molecule has 1 unspecified atom stereocenters. The molecule has 114 valence electrons. The molecule has 3 heteroatoms. The summed E-state index contributed by atoms with van der Waals surface area (Å²) in [6, 6.07) is 0.636. The van der Waals surface area contributed by atoms with E-state index in [-0.39, 0.29) is 0 Å². The van der Waals surface area contributed by atoms with Crippen LogP contribution in [-0.4, -0.2) is 22.4 Å². The summed E-state index contributed by atoms with van der Waals surface area (Å²) in [5, 5.41) is 8.13. The van der Waals surface area contributed by atoms with Gasteiger partial charge in [-0.15, -0.1) is 0 Å². The highest BCUT2D eigenvalue weighted by Gasteiger charge is 2.22. The molecular formula is C17H31N3. The van der Waals surface area contributed by atoms with Crippen molar-refractivity contribution in [3.05, 3.63) is 18.0 Å². The summed E-state index contributed by atoms with van der Waals surface area (Å²) in [5.74, 6) is 0.849. The van der Waals surface area contributed by atoms with E-state index in [1.54, 1.807) is 0 Å². The molecule has 1 aliphatic rings. The second-order valence-corrected chi connectivity index (χ2v) is 6.39. The molecule has 1 atom stereocenters. The van der Waals surface area contributed by atoms with Crippen LogP contribution >= 0.6 is 0 Å². The largest absolute Gasteiger partial charge is 0.313 e. The highest BCUT2D eigenvalue weighted by Crippen LogP contribution is 2.26. The lowest BCUT2D eigenvalue weighted by atomic mass is 9.83. The van der Waals surface area contributed by atoms with Crippen LogP contribution < -0.4 is 5.32 Å². The first-order valence-corrected chi connectivity index (χ1v) is 8.50. The van der Waals surface area contributed by atoms with Crippen LogP contribution in [0.2, 0.25) is 0 Å². The normalized spacial score (nSPS) is 19.5. The molecule has 1 aromatic rings. The molecule has 0 spiro atoms. The fourth-order valence-corrected chi connectivity index (χ4v) is 3.46. The van der Waals surface area contributed by atoms with Gasteiger partial charge < -0.3 is 5.32 Å². The van der Waals surface area contributed by atoms with E-state index in [4.69, 9.17) is 0 Å². The second kappa shape index (κ2) is 8.46. The van der Waals surface area contributed by atoms with Gasteiger partial charge in [-0.3, -0.25) is 4.68 Å². The van der Waals surface area contributed by atoms with Crippen LogP contribution in [0, 0.1) is 5.92 Å². The van der Waals surface area contributed by atoms with Crippen LogP contribution in [0.15, 0.2) is 12.4 Å². The Morgan fingerprint density at radius 3 is 2.55 bits per heavy atom. The van der Waals surface area contributed by atoms with Crippen LogP contribution in [0.1, 0.15) is 63.9 Å². The monoisotopic (exact) mass is 277 g/mol. The molecule has 1 N–H and O–H groups in total. The fraction of sp³-hybridized carbons (Fsp3) is 0.824. The van der Waals surface area contributed by atoms with Crippen LogP contribution in [0.4, 0.5) is 0 Å². The zero-order valence-electron chi connectivity index (χ0n) is 13.3. The van der Waals surface area contributed by atoms with E-state index >= 15 is 0 Å². The van der Waals surface area contributed by atoms with Crippen molar-refractivity contribution in [3.63, 3.8) is 0 Å². The van der Waals surface area contributed by atoms with E-state index in [0.717, 1.165) is 18.9 Å². The topological polar surface area (TPSA) is 29.9 Å². The first kappa shape index (κ1) is 15.6. The SMILES string of the molecule is CCCNC(Cc1cnn(C)c1)C1CCCCCCC1. The maximum absolute atomic E-state index is 4.32. The van der Waals surface area contributed by atoms with Gasteiger partial charge in [0.1, 0.15) is 0 Å². The lowest BCUT2D eigenvalue weighted by Crippen LogP contribution is -2.38. The lowest BCUT2D eigenvalue weighted by molar-refractivity contribution is 0.283. The van der Waals surface area contributed by atoms with Gasteiger partial charge in [0, 0.05) is 19.3 Å². The number of rotatable bonds is 6. The van der Waals surface area contributed by atoms with Crippen molar-refractivity contribution in [3.8, 4) is 0 Å². The molecule has 0 bridgehead atoms. The molecule has 20 heavy (non-hydrogen) atoms. The van der Waals surface area contributed by atoms with Gasteiger partial charge in [0.05, 0.1) is 6.20 Å². The zero-order chi connectivity index (χ0) is 14.2. The fourth-order valence-electron chi connectivity index (χ4n) is 3.46. The number of nitrogens with zero attached hydrogens (tertiary/aromatic N) is 2. The van der Waals surface area contributed by atoms with E-state index in [1.807, 2.05) is 17.9 Å². The van der Waals surface area contributed by atoms with Gasteiger partial charge in [0.15, 0.2) is 0 Å². The Morgan fingerprint density at radius 1 is 1.25 bits per heavy atom. The molecule has 0 amide bonds. The highest BCUT2D eigenvalue weighted by atomic mass is 15.2. The molecule has 1 fully saturated rings. The predicted octanol–water partition coefficient (Wildman–Crippen LogP) is 3.69. The van der Waals surface area contributed by atoms with Crippen LogP contribution in [-0.2, 0) is 13.5 Å². The quantitative estimate of drug-likeness (QED) is 0.859. The van der Waals surface area contributed by atoms with Gasteiger partial charge in [0.25, 0.3) is 0 Å².